The average molecular weight is 959 g/mol. The van der Waals surface area contributed by atoms with E-state index in [0.717, 1.165) is 11.0 Å². The van der Waals surface area contributed by atoms with Gasteiger partial charge in [0, 0.05) is 30.9 Å². The summed E-state index contributed by atoms with van der Waals surface area (Å²) in [6.07, 6.45) is 25.3. The maximum absolute atomic E-state index is 5.08. The van der Waals surface area contributed by atoms with Gasteiger partial charge in [0.2, 0.25) is 0 Å². The molecule has 320 valence electrons. The molecule has 1 heterocycles. The normalized spacial score (nSPS) is 14.3. The van der Waals surface area contributed by atoms with Crippen LogP contribution in [0.15, 0.2) is 93.9 Å². The molecule has 5 heteroatoms. The summed E-state index contributed by atoms with van der Waals surface area (Å²) in [4.78, 5) is 0. The summed E-state index contributed by atoms with van der Waals surface area (Å²) in [5.74, 6) is 0. The van der Waals surface area contributed by atoms with Crippen molar-refractivity contribution in [1.29, 1.82) is 0 Å². The zero-order valence-electron chi connectivity index (χ0n) is 37.3. The van der Waals surface area contributed by atoms with Gasteiger partial charge in [0.25, 0.3) is 0 Å². The maximum Gasteiger partial charge on any atom is 0.113 e. The van der Waals surface area contributed by atoms with Crippen LogP contribution in [-0.2, 0) is 10.8 Å². The summed E-state index contributed by atoms with van der Waals surface area (Å²) in [5.41, 5.74) is 18.7. The molecule has 0 spiro atoms. The second kappa shape index (κ2) is 20.2. The van der Waals surface area contributed by atoms with E-state index in [0.29, 0.717) is 0 Å². The molecule has 5 aromatic carbocycles. The van der Waals surface area contributed by atoms with Gasteiger partial charge in [0.05, 0.1) is 11.7 Å². The van der Waals surface area contributed by atoms with Crippen LogP contribution in [0.25, 0.3) is 55.5 Å². The molecule has 0 radical (unpaired) electrons. The van der Waals surface area contributed by atoms with E-state index in [1.807, 2.05) is 0 Å². The van der Waals surface area contributed by atoms with Crippen molar-refractivity contribution in [3.05, 3.63) is 116 Å². The van der Waals surface area contributed by atoms with E-state index in [9.17, 15) is 0 Å². The van der Waals surface area contributed by atoms with Gasteiger partial charge >= 0.3 is 0 Å². The molecule has 0 fully saturated rings. The predicted octanol–water partition coefficient (Wildman–Crippen LogP) is 19.0. The second-order valence-corrected chi connectivity index (χ2v) is 20.8. The zero-order valence-corrected chi connectivity index (χ0v) is 41.3. The summed E-state index contributed by atoms with van der Waals surface area (Å²) >= 11 is 9.15. The number of fused-ring (bicyclic) bond motifs is 7. The molecule has 0 amide bonds. The van der Waals surface area contributed by atoms with Gasteiger partial charge in [0.15, 0.2) is 0 Å². The van der Waals surface area contributed by atoms with Crippen LogP contribution in [0.4, 0.5) is 0 Å². The predicted molar refractivity (Wildman–Crippen MR) is 271 cm³/mol. The van der Waals surface area contributed by atoms with E-state index in [4.69, 9.17) is 8.75 Å². The first kappa shape index (κ1) is 44.5. The second-order valence-electron chi connectivity index (χ2n) is 18.4. The molecular weight excluding hydrogens is 893 g/mol. The van der Waals surface area contributed by atoms with Crippen molar-refractivity contribution in [2.45, 2.75) is 167 Å². The molecule has 8 rings (SSSR count). The number of hydrogen-bond acceptors (Lipinski definition) is 3. The van der Waals surface area contributed by atoms with Crippen LogP contribution in [0.2, 0.25) is 0 Å². The van der Waals surface area contributed by atoms with Crippen molar-refractivity contribution in [2.75, 3.05) is 0 Å². The lowest BCUT2D eigenvalue weighted by atomic mass is 9.70. The fourth-order valence-corrected chi connectivity index (χ4v) is 12.6. The SMILES string of the molecule is CCCCCCC1(CCCCCC)c2cc(Br)ccc2-c2ccc(-c3ccc(-c4ccc5c(c4)C(CCCCCC)(CCCCCC)c4cc(Br)ccc4-5)c4nsnc34)cc21. The minimum atomic E-state index is 0.0163. The van der Waals surface area contributed by atoms with Gasteiger partial charge in [-0.2, -0.15) is 8.75 Å². The van der Waals surface area contributed by atoms with E-state index >= 15 is 0 Å². The molecule has 61 heavy (non-hydrogen) atoms. The highest BCUT2D eigenvalue weighted by molar-refractivity contribution is 9.10. The van der Waals surface area contributed by atoms with E-state index in [2.05, 4.69) is 144 Å². The Labute approximate surface area is 388 Å². The zero-order chi connectivity index (χ0) is 42.4. The fourth-order valence-electron chi connectivity index (χ4n) is 11.3. The first-order valence-electron chi connectivity index (χ1n) is 24.0. The van der Waals surface area contributed by atoms with E-state index in [-0.39, 0.29) is 10.8 Å². The lowest BCUT2D eigenvalue weighted by molar-refractivity contribution is 0.401. The quantitative estimate of drug-likeness (QED) is 0.0634. The van der Waals surface area contributed by atoms with Crippen molar-refractivity contribution in [1.82, 2.24) is 8.75 Å². The van der Waals surface area contributed by atoms with Gasteiger partial charge in [-0.15, -0.1) is 0 Å². The highest BCUT2D eigenvalue weighted by atomic mass is 79.9. The molecule has 1 aromatic heterocycles. The molecule has 0 saturated heterocycles. The summed E-state index contributed by atoms with van der Waals surface area (Å²) in [5, 5.41) is 0. The molecular formula is C56H66Br2N2S. The summed E-state index contributed by atoms with van der Waals surface area (Å²) in [7, 11) is 0. The molecule has 2 aliphatic carbocycles. The van der Waals surface area contributed by atoms with Crippen LogP contribution in [0.1, 0.15) is 178 Å². The highest BCUT2D eigenvalue weighted by Gasteiger charge is 2.44. The molecule has 0 unspecified atom stereocenters. The van der Waals surface area contributed by atoms with Crippen molar-refractivity contribution in [3.63, 3.8) is 0 Å². The molecule has 6 aromatic rings. The van der Waals surface area contributed by atoms with E-state index < -0.39 is 0 Å². The molecule has 0 atom stereocenters. The van der Waals surface area contributed by atoms with Gasteiger partial charge in [-0.1, -0.05) is 211 Å². The number of benzene rings is 5. The van der Waals surface area contributed by atoms with E-state index in [1.54, 1.807) is 0 Å². The Bertz CT molecular complexity index is 2250. The first-order valence-corrected chi connectivity index (χ1v) is 26.4. The summed E-state index contributed by atoms with van der Waals surface area (Å²) in [6.45, 7) is 9.30. The van der Waals surface area contributed by atoms with Crippen LogP contribution in [0.5, 0.6) is 0 Å². The van der Waals surface area contributed by atoms with Crippen molar-refractivity contribution >= 4 is 54.6 Å². The fraction of sp³-hybridized carbons (Fsp3) is 0.464. The maximum atomic E-state index is 5.08. The Kier molecular flexibility index (Phi) is 14.7. The molecule has 0 N–H and O–H groups in total. The van der Waals surface area contributed by atoms with Crippen LogP contribution in [0.3, 0.4) is 0 Å². The van der Waals surface area contributed by atoms with Crippen LogP contribution >= 0.6 is 43.6 Å². The van der Waals surface area contributed by atoms with Gasteiger partial charge in [-0.05, 0) is 118 Å². The lowest BCUT2D eigenvalue weighted by Crippen LogP contribution is -2.25. The van der Waals surface area contributed by atoms with E-state index in [1.165, 1.54) is 216 Å². The molecule has 2 nitrogen and oxygen atoms in total. The Morgan fingerprint density at radius 2 is 0.689 bits per heavy atom. The Morgan fingerprint density at radius 3 is 1.03 bits per heavy atom. The van der Waals surface area contributed by atoms with Crippen LogP contribution in [-0.4, -0.2) is 8.75 Å². The van der Waals surface area contributed by atoms with Crippen LogP contribution < -0.4 is 0 Å². The monoisotopic (exact) mass is 956 g/mol. The summed E-state index contributed by atoms with van der Waals surface area (Å²) < 4.78 is 12.5. The van der Waals surface area contributed by atoms with Crippen molar-refractivity contribution in [3.8, 4) is 44.5 Å². The number of unbranched alkanes of at least 4 members (excludes halogenated alkanes) is 12. The number of aromatic nitrogens is 2. The number of hydrogen-bond donors (Lipinski definition) is 0. The average Bonchev–Trinajstić information content (AvgIpc) is 3.94. The first-order chi connectivity index (χ1) is 29.9. The molecule has 0 saturated carbocycles. The van der Waals surface area contributed by atoms with Crippen molar-refractivity contribution in [2.24, 2.45) is 0 Å². The minimum absolute atomic E-state index is 0.0163. The summed E-state index contributed by atoms with van der Waals surface area (Å²) in [6, 6.07) is 33.5. The smallest absolute Gasteiger partial charge is 0.113 e. The Balaban J connectivity index is 1.21. The van der Waals surface area contributed by atoms with Crippen molar-refractivity contribution < 1.29 is 0 Å². The number of nitrogens with zero attached hydrogens (tertiary/aromatic N) is 2. The topological polar surface area (TPSA) is 25.8 Å². The Morgan fingerprint density at radius 1 is 0.377 bits per heavy atom. The van der Waals surface area contributed by atoms with Gasteiger partial charge in [-0.25, -0.2) is 0 Å². The third kappa shape index (κ3) is 8.76. The van der Waals surface area contributed by atoms with Gasteiger partial charge < -0.3 is 0 Å². The lowest BCUT2D eigenvalue weighted by Gasteiger charge is -2.33. The van der Waals surface area contributed by atoms with Gasteiger partial charge in [-0.3, -0.25) is 0 Å². The highest BCUT2D eigenvalue weighted by Crippen LogP contribution is 2.57. The van der Waals surface area contributed by atoms with Crippen LogP contribution in [0, 0.1) is 0 Å². The molecule has 0 bridgehead atoms. The third-order valence-electron chi connectivity index (χ3n) is 14.5. The largest absolute Gasteiger partial charge is 0.172 e. The number of halogens is 2. The molecule has 0 aliphatic heterocycles. The third-order valence-corrected chi connectivity index (χ3v) is 16.0. The Hall–Kier alpha value is -3.12. The number of rotatable bonds is 22. The standard InChI is InChI=1S/C56H66Br2N2S/c1-5-9-13-17-31-55(32-18-14-10-6-2)49-35-39(21-25-45(49)47-27-23-41(57)37-51(47)55)43-29-30-44(54-53(43)59-61-60-54)40-22-26-46-48-28-24-42(58)38-52(48)56(50(46)36-40,33-19-15-11-7-3)34-20-16-12-8-4/h21-30,35-38H,5-20,31-34H2,1-4H3. The van der Waals surface area contributed by atoms with Gasteiger partial charge in [0.1, 0.15) is 11.0 Å². The molecule has 2 aliphatic rings. The minimum Gasteiger partial charge on any atom is -0.172 e.